The second-order valence-corrected chi connectivity index (χ2v) is 6.46. The lowest BCUT2D eigenvalue weighted by Gasteiger charge is -2.10. The van der Waals surface area contributed by atoms with Crippen molar-refractivity contribution in [3.05, 3.63) is 89.5 Å². The first-order valence-corrected chi connectivity index (χ1v) is 8.94. The summed E-state index contributed by atoms with van der Waals surface area (Å²) in [6.45, 7) is 2.55. The number of halogens is 3. The molecule has 0 aliphatic carbocycles. The molecular formula is C23H21F3O. The Labute approximate surface area is 157 Å². The van der Waals surface area contributed by atoms with Gasteiger partial charge in [0.25, 0.3) is 0 Å². The highest BCUT2D eigenvalue weighted by atomic mass is 19.4. The van der Waals surface area contributed by atoms with Crippen molar-refractivity contribution in [2.75, 3.05) is 0 Å². The number of aryl methyl sites for hydroxylation is 1. The van der Waals surface area contributed by atoms with Gasteiger partial charge in [-0.15, -0.1) is 0 Å². The van der Waals surface area contributed by atoms with Gasteiger partial charge in [-0.3, -0.25) is 0 Å². The lowest BCUT2D eigenvalue weighted by molar-refractivity contribution is -0.137. The van der Waals surface area contributed by atoms with Crippen LogP contribution in [0, 0.1) is 0 Å². The average molecular weight is 370 g/mol. The zero-order chi connectivity index (χ0) is 19.3. The van der Waals surface area contributed by atoms with E-state index in [0.29, 0.717) is 6.61 Å². The fourth-order valence-corrected chi connectivity index (χ4v) is 2.90. The minimum atomic E-state index is -4.32. The van der Waals surface area contributed by atoms with Crippen LogP contribution in [0.25, 0.3) is 11.1 Å². The molecule has 0 N–H and O–H groups in total. The van der Waals surface area contributed by atoms with E-state index in [2.05, 4.69) is 19.1 Å². The van der Waals surface area contributed by atoms with E-state index in [0.717, 1.165) is 47.4 Å². The molecule has 0 bridgehead atoms. The van der Waals surface area contributed by atoms with Crippen LogP contribution >= 0.6 is 0 Å². The molecule has 0 saturated heterocycles. The first-order valence-electron chi connectivity index (χ1n) is 8.94. The summed E-state index contributed by atoms with van der Waals surface area (Å²) in [5.41, 5.74) is 3.22. The van der Waals surface area contributed by atoms with E-state index in [-0.39, 0.29) is 0 Å². The van der Waals surface area contributed by atoms with Gasteiger partial charge in [0, 0.05) is 0 Å². The van der Waals surface area contributed by atoms with Crippen LogP contribution in [0.3, 0.4) is 0 Å². The third-order valence-corrected chi connectivity index (χ3v) is 4.34. The van der Waals surface area contributed by atoms with Crippen molar-refractivity contribution in [3.8, 4) is 16.9 Å². The summed E-state index contributed by atoms with van der Waals surface area (Å²) in [5.74, 6) is 0.801. The minimum Gasteiger partial charge on any atom is -0.489 e. The molecule has 140 valence electrons. The molecule has 3 rings (SSSR count). The Bertz CT molecular complexity index is 865. The highest BCUT2D eigenvalue weighted by Crippen LogP contribution is 2.31. The number of benzene rings is 3. The number of rotatable bonds is 6. The Balaban J connectivity index is 1.68. The van der Waals surface area contributed by atoms with Crippen LogP contribution in [-0.4, -0.2) is 0 Å². The predicted molar refractivity (Wildman–Crippen MR) is 102 cm³/mol. The zero-order valence-corrected chi connectivity index (χ0v) is 15.1. The topological polar surface area (TPSA) is 9.23 Å². The number of hydrogen-bond donors (Lipinski definition) is 0. The molecule has 0 aromatic heterocycles. The van der Waals surface area contributed by atoms with Crippen molar-refractivity contribution in [2.24, 2.45) is 0 Å². The van der Waals surface area contributed by atoms with Crippen molar-refractivity contribution < 1.29 is 17.9 Å². The van der Waals surface area contributed by atoms with Crippen LogP contribution in [0.15, 0.2) is 72.8 Å². The maximum Gasteiger partial charge on any atom is 0.416 e. The normalized spacial score (nSPS) is 11.4. The van der Waals surface area contributed by atoms with Crippen LogP contribution in [-0.2, 0) is 19.2 Å². The molecule has 0 saturated carbocycles. The Morgan fingerprint density at radius 3 is 2.11 bits per heavy atom. The van der Waals surface area contributed by atoms with Crippen LogP contribution in [0.4, 0.5) is 13.2 Å². The average Bonchev–Trinajstić information content (AvgIpc) is 2.67. The SMILES string of the molecule is CCCc1ccc(OCc2cccc(-c3ccc(C(F)(F)F)cc3)c2)cc1. The number of ether oxygens (including phenoxy) is 1. The molecule has 0 heterocycles. The van der Waals surface area contributed by atoms with Crippen LogP contribution in [0.2, 0.25) is 0 Å². The number of hydrogen-bond acceptors (Lipinski definition) is 1. The largest absolute Gasteiger partial charge is 0.489 e. The second-order valence-electron chi connectivity index (χ2n) is 6.46. The van der Waals surface area contributed by atoms with E-state index < -0.39 is 11.7 Å². The summed E-state index contributed by atoms with van der Waals surface area (Å²) in [4.78, 5) is 0. The second kappa shape index (κ2) is 8.30. The van der Waals surface area contributed by atoms with Gasteiger partial charge >= 0.3 is 6.18 Å². The zero-order valence-electron chi connectivity index (χ0n) is 15.1. The van der Waals surface area contributed by atoms with Gasteiger partial charge in [0.15, 0.2) is 0 Å². The molecule has 0 aliphatic rings. The molecule has 3 aromatic rings. The molecule has 1 nitrogen and oxygen atoms in total. The van der Waals surface area contributed by atoms with Crippen LogP contribution in [0.1, 0.15) is 30.0 Å². The first kappa shape index (κ1) is 19.0. The molecule has 0 atom stereocenters. The van der Waals surface area contributed by atoms with Crippen LogP contribution in [0.5, 0.6) is 5.75 Å². The van der Waals surface area contributed by atoms with Crippen molar-refractivity contribution in [1.29, 1.82) is 0 Å². The maximum atomic E-state index is 12.7. The molecule has 27 heavy (non-hydrogen) atoms. The predicted octanol–water partition coefficient (Wildman–Crippen LogP) is 6.90. The van der Waals surface area contributed by atoms with Crippen molar-refractivity contribution >= 4 is 0 Å². The maximum absolute atomic E-state index is 12.7. The van der Waals surface area contributed by atoms with Gasteiger partial charge in [0.1, 0.15) is 12.4 Å². The minimum absolute atomic E-state index is 0.404. The fourth-order valence-electron chi connectivity index (χ4n) is 2.90. The van der Waals surface area contributed by atoms with Crippen LogP contribution < -0.4 is 4.74 Å². The Morgan fingerprint density at radius 2 is 1.48 bits per heavy atom. The van der Waals surface area contributed by atoms with Gasteiger partial charge < -0.3 is 4.74 Å². The molecule has 0 aliphatic heterocycles. The van der Waals surface area contributed by atoms with E-state index in [1.807, 2.05) is 36.4 Å². The monoisotopic (exact) mass is 370 g/mol. The molecule has 0 fully saturated rings. The molecule has 3 aromatic carbocycles. The van der Waals surface area contributed by atoms with Gasteiger partial charge in [-0.05, 0) is 59.0 Å². The smallest absolute Gasteiger partial charge is 0.416 e. The summed E-state index contributed by atoms with van der Waals surface area (Å²) in [6.07, 6.45) is -2.16. The molecule has 0 amide bonds. The summed E-state index contributed by atoms with van der Waals surface area (Å²) < 4.78 is 43.9. The Morgan fingerprint density at radius 1 is 0.778 bits per heavy atom. The van der Waals surface area contributed by atoms with E-state index in [9.17, 15) is 13.2 Å². The first-order chi connectivity index (χ1) is 13.0. The summed E-state index contributed by atoms with van der Waals surface area (Å²) in [7, 11) is 0. The third-order valence-electron chi connectivity index (χ3n) is 4.34. The van der Waals surface area contributed by atoms with Gasteiger partial charge in [-0.1, -0.05) is 55.8 Å². The standard InChI is InChI=1S/C23H21F3O/c1-2-4-17-7-13-22(14-8-17)27-16-18-5-3-6-20(15-18)19-9-11-21(12-10-19)23(24,25)26/h3,5-15H,2,4,16H2,1H3. The third kappa shape index (κ3) is 5.13. The van der Waals surface area contributed by atoms with E-state index in [1.54, 1.807) is 0 Å². The van der Waals surface area contributed by atoms with Crippen molar-refractivity contribution in [2.45, 2.75) is 32.5 Å². The van der Waals surface area contributed by atoms with E-state index >= 15 is 0 Å². The highest BCUT2D eigenvalue weighted by molar-refractivity contribution is 5.64. The summed E-state index contributed by atoms with van der Waals surface area (Å²) in [5, 5.41) is 0. The number of alkyl halides is 3. The van der Waals surface area contributed by atoms with Crippen molar-refractivity contribution in [3.63, 3.8) is 0 Å². The molecule has 0 radical (unpaired) electrons. The molecule has 0 unspecified atom stereocenters. The van der Waals surface area contributed by atoms with E-state index in [4.69, 9.17) is 4.74 Å². The molecule has 4 heteroatoms. The molecular weight excluding hydrogens is 349 g/mol. The quantitative estimate of drug-likeness (QED) is 0.458. The summed E-state index contributed by atoms with van der Waals surface area (Å²) >= 11 is 0. The lowest BCUT2D eigenvalue weighted by Crippen LogP contribution is -2.04. The Hall–Kier alpha value is -2.75. The van der Waals surface area contributed by atoms with Gasteiger partial charge in [0.2, 0.25) is 0 Å². The van der Waals surface area contributed by atoms with E-state index in [1.165, 1.54) is 17.7 Å². The highest BCUT2D eigenvalue weighted by Gasteiger charge is 2.29. The van der Waals surface area contributed by atoms with Gasteiger partial charge in [0.05, 0.1) is 5.56 Å². The summed E-state index contributed by atoms with van der Waals surface area (Å²) in [6, 6.07) is 20.9. The lowest BCUT2D eigenvalue weighted by atomic mass is 10.0. The van der Waals surface area contributed by atoms with Gasteiger partial charge in [-0.25, -0.2) is 0 Å². The van der Waals surface area contributed by atoms with Crippen molar-refractivity contribution in [1.82, 2.24) is 0 Å². The molecule has 0 spiro atoms. The fraction of sp³-hybridized carbons (Fsp3) is 0.217. The van der Waals surface area contributed by atoms with Gasteiger partial charge in [-0.2, -0.15) is 13.2 Å². The Kier molecular flexibility index (Phi) is 5.84.